The number of nitrogens with one attached hydrogen (secondary N) is 1. The minimum atomic E-state index is -0.444. The molecule has 0 saturated carbocycles. The average Bonchev–Trinajstić information content (AvgIpc) is 2.72. The van der Waals surface area contributed by atoms with Crippen molar-refractivity contribution in [1.82, 2.24) is 19.6 Å². The number of anilines is 1. The number of nitrogen functional groups attached to an aromatic ring is 1. The van der Waals surface area contributed by atoms with Gasteiger partial charge in [-0.05, 0) is 24.3 Å². The molecule has 0 radical (unpaired) electrons. The average molecular weight is 245 g/mol. The lowest BCUT2D eigenvalue weighted by molar-refractivity contribution is 0.628. The Morgan fingerprint density at radius 3 is 2.72 bits per heavy atom. The van der Waals surface area contributed by atoms with Crippen LogP contribution in [0.2, 0.25) is 0 Å². The summed E-state index contributed by atoms with van der Waals surface area (Å²) in [5, 5.41) is 6.10. The van der Waals surface area contributed by atoms with Gasteiger partial charge in [-0.25, -0.2) is 23.7 Å². The van der Waals surface area contributed by atoms with Gasteiger partial charge in [0.2, 0.25) is 5.95 Å². The maximum atomic E-state index is 12.8. The Morgan fingerprint density at radius 2 is 2.00 bits per heavy atom. The number of aromatic nitrogens is 4. The highest BCUT2D eigenvalue weighted by molar-refractivity contribution is 5.65. The van der Waals surface area contributed by atoms with Gasteiger partial charge < -0.3 is 5.73 Å². The molecule has 0 fully saturated rings. The van der Waals surface area contributed by atoms with Crippen LogP contribution in [0.1, 0.15) is 0 Å². The topological polar surface area (TPSA) is 89.1 Å². The molecule has 0 aliphatic rings. The molecule has 0 bridgehead atoms. The van der Waals surface area contributed by atoms with Gasteiger partial charge in [0.05, 0.1) is 5.69 Å². The first-order valence-electron chi connectivity index (χ1n) is 5.15. The van der Waals surface area contributed by atoms with Crippen LogP contribution in [0.15, 0.2) is 35.1 Å². The predicted octanol–water partition coefficient (Wildman–Crippen LogP) is 0.806. The van der Waals surface area contributed by atoms with Crippen LogP contribution in [-0.4, -0.2) is 19.6 Å². The van der Waals surface area contributed by atoms with E-state index in [-0.39, 0.29) is 11.8 Å². The SMILES string of the molecule is Nc1nc(-c2ccc(F)cc2)cc2n[nH]c(=O)n12. The fourth-order valence-electron chi connectivity index (χ4n) is 1.72. The van der Waals surface area contributed by atoms with Crippen LogP contribution in [-0.2, 0) is 0 Å². The number of hydrogen-bond donors (Lipinski definition) is 2. The second kappa shape index (κ2) is 3.66. The Labute approximate surface area is 99.9 Å². The molecule has 0 saturated heterocycles. The van der Waals surface area contributed by atoms with Gasteiger partial charge in [-0.3, -0.25) is 0 Å². The van der Waals surface area contributed by atoms with Gasteiger partial charge in [0.15, 0.2) is 5.65 Å². The molecule has 0 unspecified atom stereocenters. The number of hydrogen-bond acceptors (Lipinski definition) is 4. The monoisotopic (exact) mass is 245 g/mol. The molecule has 0 amide bonds. The summed E-state index contributed by atoms with van der Waals surface area (Å²) in [5.41, 5.74) is 6.83. The smallest absolute Gasteiger partial charge is 0.350 e. The summed E-state index contributed by atoms with van der Waals surface area (Å²) in [6, 6.07) is 7.42. The number of aromatic amines is 1. The molecule has 0 aliphatic heterocycles. The highest BCUT2D eigenvalue weighted by Crippen LogP contribution is 2.19. The number of nitrogens with two attached hydrogens (primary N) is 1. The van der Waals surface area contributed by atoms with Crippen LogP contribution >= 0.6 is 0 Å². The van der Waals surface area contributed by atoms with E-state index in [0.29, 0.717) is 16.9 Å². The highest BCUT2D eigenvalue weighted by Gasteiger charge is 2.08. The van der Waals surface area contributed by atoms with Crippen molar-refractivity contribution < 1.29 is 4.39 Å². The molecule has 0 spiro atoms. The Morgan fingerprint density at radius 1 is 1.28 bits per heavy atom. The molecule has 0 atom stereocenters. The second-order valence-corrected chi connectivity index (χ2v) is 3.73. The first kappa shape index (κ1) is 10.5. The van der Waals surface area contributed by atoms with E-state index >= 15 is 0 Å². The lowest BCUT2D eigenvalue weighted by Crippen LogP contribution is -2.14. The van der Waals surface area contributed by atoms with Crippen LogP contribution in [0.4, 0.5) is 10.3 Å². The molecular weight excluding hydrogens is 237 g/mol. The number of rotatable bonds is 1. The van der Waals surface area contributed by atoms with Gasteiger partial charge in [0.25, 0.3) is 0 Å². The number of nitrogens with zero attached hydrogens (tertiary/aromatic N) is 3. The van der Waals surface area contributed by atoms with E-state index in [1.165, 1.54) is 12.1 Å². The van der Waals surface area contributed by atoms with Crippen LogP contribution in [0.3, 0.4) is 0 Å². The van der Waals surface area contributed by atoms with Crippen molar-refractivity contribution >= 4 is 11.6 Å². The molecule has 90 valence electrons. The van der Waals surface area contributed by atoms with Crippen LogP contribution in [0.5, 0.6) is 0 Å². The molecular formula is C11H8FN5O. The van der Waals surface area contributed by atoms with E-state index < -0.39 is 5.69 Å². The van der Waals surface area contributed by atoms with Crippen molar-refractivity contribution in [1.29, 1.82) is 0 Å². The number of fused-ring (bicyclic) bond motifs is 1. The Hall–Kier alpha value is -2.70. The zero-order valence-corrected chi connectivity index (χ0v) is 9.09. The number of halogens is 1. The summed E-state index contributed by atoms with van der Waals surface area (Å²) in [7, 11) is 0. The third-order valence-electron chi connectivity index (χ3n) is 2.57. The quantitative estimate of drug-likeness (QED) is 0.663. The minimum Gasteiger partial charge on any atom is -0.369 e. The molecule has 18 heavy (non-hydrogen) atoms. The molecule has 7 heteroatoms. The third-order valence-corrected chi connectivity index (χ3v) is 2.57. The van der Waals surface area contributed by atoms with Crippen molar-refractivity contribution in [3.8, 4) is 11.3 Å². The molecule has 2 heterocycles. The predicted molar refractivity (Wildman–Crippen MR) is 63.4 cm³/mol. The zero-order valence-electron chi connectivity index (χ0n) is 9.09. The van der Waals surface area contributed by atoms with E-state index in [9.17, 15) is 9.18 Å². The Bertz CT molecular complexity index is 774. The van der Waals surface area contributed by atoms with Gasteiger partial charge in [0.1, 0.15) is 5.82 Å². The van der Waals surface area contributed by atoms with Crippen LogP contribution in [0.25, 0.3) is 16.9 Å². The van der Waals surface area contributed by atoms with E-state index in [1.807, 2.05) is 0 Å². The van der Waals surface area contributed by atoms with Crippen molar-refractivity contribution in [2.75, 3.05) is 5.73 Å². The van der Waals surface area contributed by atoms with E-state index in [4.69, 9.17) is 5.73 Å². The summed E-state index contributed by atoms with van der Waals surface area (Å²) in [5.74, 6) is -0.297. The summed E-state index contributed by atoms with van der Waals surface area (Å²) in [4.78, 5) is 15.5. The van der Waals surface area contributed by atoms with E-state index in [2.05, 4.69) is 15.2 Å². The minimum absolute atomic E-state index is 0.0329. The summed E-state index contributed by atoms with van der Waals surface area (Å²) in [6.45, 7) is 0. The van der Waals surface area contributed by atoms with Gasteiger partial charge >= 0.3 is 5.69 Å². The highest BCUT2D eigenvalue weighted by atomic mass is 19.1. The molecule has 3 N–H and O–H groups in total. The number of H-pyrrole nitrogens is 1. The summed E-state index contributed by atoms with van der Waals surface area (Å²) < 4.78 is 14.0. The Balaban J connectivity index is 2.24. The van der Waals surface area contributed by atoms with Crippen molar-refractivity contribution in [2.45, 2.75) is 0 Å². The Kier molecular flexibility index (Phi) is 2.12. The molecule has 1 aromatic carbocycles. The molecule has 2 aromatic heterocycles. The molecule has 0 aliphatic carbocycles. The van der Waals surface area contributed by atoms with Gasteiger partial charge in [-0.1, -0.05) is 0 Å². The standard InChI is InChI=1S/C11H8FN5O/c12-7-3-1-6(2-4-7)8-5-9-15-16-11(18)17(9)10(13)14-8/h1-5H,(H2,13,14)(H,16,18). The first-order valence-corrected chi connectivity index (χ1v) is 5.15. The maximum Gasteiger partial charge on any atom is 0.350 e. The molecule has 6 nitrogen and oxygen atoms in total. The fourth-order valence-corrected chi connectivity index (χ4v) is 1.72. The van der Waals surface area contributed by atoms with E-state index in [0.717, 1.165) is 4.40 Å². The molecule has 3 aromatic rings. The van der Waals surface area contributed by atoms with Gasteiger partial charge in [-0.2, -0.15) is 5.10 Å². The van der Waals surface area contributed by atoms with Crippen molar-refractivity contribution in [3.05, 3.63) is 46.6 Å². The summed E-state index contributed by atoms with van der Waals surface area (Å²) >= 11 is 0. The number of benzene rings is 1. The van der Waals surface area contributed by atoms with E-state index in [1.54, 1.807) is 18.2 Å². The first-order chi connectivity index (χ1) is 8.65. The maximum absolute atomic E-state index is 12.8. The van der Waals surface area contributed by atoms with Crippen molar-refractivity contribution in [2.24, 2.45) is 0 Å². The lowest BCUT2D eigenvalue weighted by atomic mass is 10.1. The van der Waals surface area contributed by atoms with Crippen LogP contribution in [0, 0.1) is 5.82 Å². The van der Waals surface area contributed by atoms with Crippen LogP contribution < -0.4 is 11.4 Å². The zero-order chi connectivity index (χ0) is 12.7. The largest absolute Gasteiger partial charge is 0.369 e. The second-order valence-electron chi connectivity index (χ2n) is 3.73. The lowest BCUT2D eigenvalue weighted by Gasteiger charge is -2.03. The normalized spacial score (nSPS) is 10.9. The molecule has 3 rings (SSSR count). The van der Waals surface area contributed by atoms with Crippen molar-refractivity contribution in [3.63, 3.8) is 0 Å². The van der Waals surface area contributed by atoms with Gasteiger partial charge in [0, 0.05) is 11.6 Å². The fraction of sp³-hybridized carbons (Fsp3) is 0. The summed E-state index contributed by atoms with van der Waals surface area (Å²) in [6.07, 6.45) is 0. The van der Waals surface area contributed by atoms with Gasteiger partial charge in [-0.15, -0.1) is 0 Å². The third kappa shape index (κ3) is 1.53.